The molecule has 0 saturated heterocycles. The third-order valence-electron chi connectivity index (χ3n) is 3.83. The molecule has 0 aliphatic heterocycles. The molecule has 0 N–H and O–H groups in total. The van der Waals surface area contributed by atoms with Gasteiger partial charge in [0.15, 0.2) is 0 Å². The number of fused-ring (bicyclic) bond motifs is 1. The van der Waals surface area contributed by atoms with Crippen molar-refractivity contribution in [3.8, 4) is 0 Å². The number of para-hydroxylation sites is 1. The van der Waals surface area contributed by atoms with E-state index in [1.165, 1.54) is 30.2 Å². The van der Waals surface area contributed by atoms with Crippen LogP contribution in [0, 0.1) is 5.82 Å². The number of carbonyl (C=O) groups excluding carboxylic acids is 1. The summed E-state index contributed by atoms with van der Waals surface area (Å²) in [4.78, 5) is 22.8. The number of nitrogens with zero attached hydrogens (tertiary/aromatic N) is 3. The van der Waals surface area contributed by atoms with Crippen molar-refractivity contribution >= 4 is 28.6 Å². The number of hydrogen-bond donors (Lipinski definition) is 0. The summed E-state index contributed by atoms with van der Waals surface area (Å²) in [5.74, 6) is -0.329. The molecule has 1 amide bonds. The van der Waals surface area contributed by atoms with Gasteiger partial charge in [-0.15, -0.1) is 0 Å². The monoisotopic (exact) mass is 355 g/mol. The Morgan fingerprint density at radius 3 is 2.80 bits per heavy atom. The highest BCUT2D eigenvalue weighted by Gasteiger charge is 2.20. The molecule has 1 aromatic heterocycles. The Balaban J connectivity index is 1.71. The first-order chi connectivity index (χ1) is 12.0. The summed E-state index contributed by atoms with van der Waals surface area (Å²) in [5.41, 5.74) is 1.62. The molecule has 25 heavy (non-hydrogen) atoms. The van der Waals surface area contributed by atoms with Gasteiger partial charge in [0.2, 0.25) is 5.91 Å². The lowest BCUT2D eigenvalue weighted by Crippen LogP contribution is -2.32. The second kappa shape index (κ2) is 7.61. The summed E-state index contributed by atoms with van der Waals surface area (Å²) in [5, 5.41) is 1.41. The largest absolute Gasteiger partial charge is 0.340 e. The van der Waals surface area contributed by atoms with E-state index in [9.17, 15) is 9.18 Å². The maximum Gasteiger partial charge on any atom is 0.235 e. The van der Waals surface area contributed by atoms with Gasteiger partial charge >= 0.3 is 0 Å². The van der Waals surface area contributed by atoms with Gasteiger partial charge in [0.05, 0.1) is 10.8 Å². The van der Waals surface area contributed by atoms with E-state index in [1.54, 1.807) is 18.0 Å². The lowest BCUT2D eigenvalue weighted by atomic mass is 10.2. The molecule has 6 heteroatoms. The molecule has 4 nitrogen and oxygen atoms in total. The van der Waals surface area contributed by atoms with Crippen LogP contribution in [0.4, 0.5) is 4.39 Å². The zero-order valence-electron chi connectivity index (χ0n) is 14.0. The topological polar surface area (TPSA) is 46.1 Å². The van der Waals surface area contributed by atoms with E-state index in [1.807, 2.05) is 37.3 Å². The van der Waals surface area contributed by atoms with Gasteiger partial charge in [-0.2, -0.15) is 0 Å². The summed E-state index contributed by atoms with van der Waals surface area (Å²) >= 11 is 1.41. The van der Waals surface area contributed by atoms with Crippen molar-refractivity contribution < 1.29 is 9.18 Å². The molecule has 0 aliphatic carbocycles. The van der Waals surface area contributed by atoms with Crippen LogP contribution in [-0.2, 0) is 11.3 Å². The SMILES string of the molecule is CC(Sc1ncnc2ccccc12)C(=O)N(C)Cc1cccc(F)c1. The van der Waals surface area contributed by atoms with Crippen LogP contribution in [0.3, 0.4) is 0 Å². The Kier molecular flexibility index (Phi) is 5.28. The first-order valence-corrected chi connectivity index (χ1v) is 8.78. The Bertz CT molecular complexity index is 897. The average Bonchev–Trinajstić information content (AvgIpc) is 2.61. The fourth-order valence-corrected chi connectivity index (χ4v) is 3.61. The summed E-state index contributed by atoms with van der Waals surface area (Å²) in [6.45, 7) is 2.22. The van der Waals surface area contributed by atoms with Crippen LogP contribution in [0.15, 0.2) is 59.9 Å². The highest BCUT2D eigenvalue weighted by Crippen LogP contribution is 2.28. The number of hydrogen-bond acceptors (Lipinski definition) is 4. The Morgan fingerprint density at radius 2 is 2.00 bits per heavy atom. The predicted octanol–water partition coefficient (Wildman–Crippen LogP) is 3.91. The van der Waals surface area contributed by atoms with Gasteiger partial charge in [0.1, 0.15) is 17.2 Å². The lowest BCUT2D eigenvalue weighted by molar-refractivity contribution is -0.129. The predicted molar refractivity (Wildman–Crippen MR) is 97.7 cm³/mol. The molecular formula is C19H18FN3OS. The van der Waals surface area contributed by atoms with Crippen molar-refractivity contribution in [1.29, 1.82) is 0 Å². The zero-order chi connectivity index (χ0) is 17.8. The Morgan fingerprint density at radius 1 is 1.20 bits per heavy atom. The minimum atomic E-state index is -0.308. The van der Waals surface area contributed by atoms with Crippen molar-refractivity contribution in [3.05, 3.63) is 66.2 Å². The standard InChI is InChI=1S/C19H18FN3OS/c1-13(19(24)23(2)11-14-6-5-7-15(20)10-14)25-18-16-8-3-4-9-17(16)21-12-22-18/h3-10,12-13H,11H2,1-2H3. The molecule has 0 fully saturated rings. The van der Waals surface area contributed by atoms with Crippen molar-refractivity contribution in [3.63, 3.8) is 0 Å². The molecule has 1 heterocycles. The number of amides is 1. The average molecular weight is 355 g/mol. The molecule has 1 atom stereocenters. The van der Waals surface area contributed by atoms with E-state index in [-0.39, 0.29) is 17.0 Å². The van der Waals surface area contributed by atoms with Crippen molar-refractivity contribution in [2.45, 2.75) is 23.7 Å². The fourth-order valence-electron chi connectivity index (χ4n) is 2.59. The highest BCUT2D eigenvalue weighted by molar-refractivity contribution is 8.00. The molecule has 2 aromatic carbocycles. The molecule has 1 unspecified atom stereocenters. The molecule has 128 valence electrons. The van der Waals surface area contributed by atoms with Gasteiger partial charge in [-0.25, -0.2) is 14.4 Å². The molecule has 3 aromatic rings. The number of thioether (sulfide) groups is 1. The van der Waals surface area contributed by atoms with Crippen LogP contribution in [0.25, 0.3) is 10.9 Å². The molecule has 0 aliphatic rings. The molecule has 0 saturated carbocycles. The Hall–Kier alpha value is -2.47. The molecule has 3 rings (SSSR count). The third-order valence-corrected chi connectivity index (χ3v) is 4.93. The van der Waals surface area contributed by atoms with Gasteiger partial charge in [-0.3, -0.25) is 4.79 Å². The molecule has 0 radical (unpaired) electrons. The van der Waals surface area contributed by atoms with Crippen molar-refractivity contribution in [1.82, 2.24) is 14.9 Å². The first kappa shape index (κ1) is 17.4. The van der Waals surface area contributed by atoms with Crippen LogP contribution in [0.5, 0.6) is 0 Å². The van der Waals surface area contributed by atoms with Gasteiger partial charge in [-0.1, -0.05) is 42.1 Å². The maximum atomic E-state index is 13.3. The van der Waals surface area contributed by atoms with Crippen LogP contribution in [-0.4, -0.2) is 33.1 Å². The van der Waals surface area contributed by atoms with Crippen molar-refractivity contribution in [2.75, 3.05) is 7.05 Å². The molecule has 0 bridgehead atoms. The van der Waals surface area contributed by atoms with E-state index in [0.29, 0.717) is 6.54 Å². The summed E-state index contributed by atoms with van der Waals surface area (Å²) in [6.07, 6.45) is 1.51. The summed E-state index contributed by atoms with van der Waals surface area (Å²) in [6, 6.07) is 14.0. The Labute approximate surface area is 150 Å². The van der Waals surface area contributed by atoms with E-state index >= 15 is 0 Å². The second-order valence-corrected chi connectivity index (χ2v) is 7.11. The summed E-state index contributed by atoms with van der Waals surface area (Å²) < 4.78 is 13.3. The fraction of sp³-hybridized carbons (Fsp3) is 0.211. The van der Waals surface area contributed by atoms with Crippen LogP contribution in [0.1, 0.15) is 12.5 Å². The number of rotatable bonds is 5. The van der Waals surface area contributed by atoms with E-state index in [4.69, 9.17) is 0 Å². The second-order valence-electron chi connectivity index (χ2n) is 5.78. The number of aromatic nitrogens is 2. The van der Waals surface area contributed by atoms with E-state index < -0.39 is 0 Å². The molecular weight excluding hydrogens is 337 g/mol. The lowest BCUT2D eigenvalue weighted by Gasteiger charge is -2.21. The van der Waals surface area contributed by atoms with Gasteiger partial charge < -0.3 is 4.90 Å². The third kappa shape index (κ3) is 4.14. The summed E-state index contributed by atoms with van der Waals surface area (Å²) in [7, 11) is 1.72. The normalized spacial score (nSPS) is 12.1. The molecule has 0 spiro atoms. The maximum absolute atomic E-state index is 13.3. The van der Waals surface area contributed by atoms with Crippen LogP contribution >= 0.6 is 11.8 Å². The number of carbonyl (C=O) groups is 1. The number of benzene rings is 2. The first-order valence-electron chi connectivity index (χ1n) is 7.90. The smallest absolute Gasteiger partial charge is 0.235 e. The van der Waals surface area contributed by atoms with Crippen LogP contribution < -0.4 is 0 Å². The van der Waals surface area contributed by atoms with Crippen molar-refractivity contribution in [2.24, 2.45) is 0 Å². The van der Waals surface area contributed by atoms with E-state index in [2.05, 4.69) is 9.97 Å². The minimum Gasteiger partial charge on any atom is -0.340 e. The van der Waals surface area contributed by atoms with Gasteiger partial charge in [-0.05, 0) is 30.7 Å². The zero-order valence-corrected chi connectivity index (χ0v) is 14.8. The van der Waals surface area contributed by atoms with Gasteiger partial charge in [0.25, 0.3) is 0 Å². The highest BCUT2D eigenvalue weighted by atomic mass is 32.2. The minimum absolute atomic E-state index is 0.0306. The van der Waals surface area contributed by atoms with E-state index in [0.717, 1.165) is 21.5 Å². The van der Waals surface area contributed by atoms with Gasteiger partial charge in [0, 0.05) is 19.0 Å². The quantitative estimate of drug-likeness (QED) is 0.514. The number of halogens is 1. The van der Waals surface area contributed by atoms with Crippen LogP contribution in [0.2, 0.25) is 0 Å².